The Hall–Kier alpha value is -1.69. The van der Waals surface area contributed by atoms with Crippen molar-refractivity contribution in [2.24, 2.45) is 4.99 Å². The van der Waals surface area contributed by atoms with Gasteiger partial charge in [0.1, 0.15) is 10.7 Å². The minimum Gasteiger partial charge on any atom is -0.478 e. The zero-order chi connectivity index (χ0) is 13.0. The highest BCUT2D eigenvalue weighted by Crippen LogP contribution is 2.36. The van der Waals surface area contributed by atoms with Gasteiger partial charge in [-0.2, -0.15) is 0 Å². The van der Waals surface area contributed by atoms with Crippen molar-refractivity contribution in [3.63, 3.8) is 0 Å². The van der Waals surface area contributed by atoms with Crippen molar-refractivity contribution in [1.82, 2.24) is 4.98 Å². The molecule has 92 valence electrons. The molecule has 0 aromatic carbocycles. The summed E-state index contributed by atoms with van der Waals surface area (Å²) in [7, 11) is 3.69. The third kappa shape index (κ3) is 2.91. The molecule has 0 atom stereocenters. The van der Waals surface area contributed by atoms with Gasteiger partial charge in [0.15, 0.2) is 5.13 Å². The lowest BCUT2D eigenvalue weighted by Crippen LogP contribution is -2.08. The smallest absolute Gasteiger partial charge is 0.337 e. The number of aliphatic carboxylic acids is 1. The summed E-state index contributed by atoms with van der Waals surface area (Å²) in [5, 5.41) is 10.4. The first-order chi connectivity index (χ1) is 8.01. The molecule has 1 heterocycles. The van der Waals surface area contributed by atoms with Gasteiger partial charge in [0.25, 0.3) is 0 Å². The highest BCUT2D eigenvalue weighted by Gasteiger charge is 2.19. The Morgan fingerprint density at radius 2 is 2.29 bits per heavy atom. The fourth-order valence-corrected chi connectivity index (χ4v) is 2.07. The van der Waals surface area contributed by atoms with Crippen molar-refractivity contribution in [1.29, 1.82) is 0 Å². The number of carboxylic acids is 1. The maximum Gasteiger partial charge on any atom is 0.337 e. The van der Waals surface area contributed by atoms with E-state index in [1.165, 1.54) is 11.3 Å². The number of aliphatic imine (C=N–C) groups is 1. The summed E-state index contributed by atoms with van der Waals surface area (Å²) < 4.78 is 0. The Kier molecular flexibility index (Phi) is 4.39. The third-order valence-electron chi connectivity index (χ3n) is 2.02. The molecular weight excluding hydrogens is 238 g/mol. The van der Waals surface area contributed by atoms with E-state index in [2.05, 4.69) is 16.7 Å². The van der Waals surface area contributed by atoms with Crippen LogP contribution in [0.1, 0.15) is 19.0 Å². The number of hydrogen-bond donors (Lipinski definition) is 1. The summed E-state index contributed by atoms with van der Waals surface area (Å²) in [5.74, 6) is -0.993. The molecule has 1 rings (SSSR count). The molecule has 1 aromatic heterocycles. The van der Waals surface area contributed by atoms with Crippen LogP contribution in [0.2, 0.25) is 0 Å². The van der Waals surface area contributed by atoms with E-state index in [-0.39, 0.29) is 5.57 Å². The van der Waals surface area contributed by atoms with Crippen LogP contribution in [-0.4, -0.2) is 36.9 Å². The summed E-state index contributed by atoms with van der Waals surface area (Å²) >= 11 is 1.32. The predicted octanol–water partition coefficient (Wildman–Crippen LogP) is 2.42. The number of aromatic nitrogens is 1. The summed E-state index contributed by atoms with van der Waals surface area (Å²) in [5.41, 5.74) is 0.572. The monoisotopic (exact) mass is 253 g/mol. The van der Waals surface area contributed by atoms with E-state index in [4.69, 9.17) is 5.11 Å². The number of rotatable bonds is 5. The van der Waals surface area contributed by atoms with E-state index in [0.29, 0.717) is 22.2 Å². The van der Waals surface area contributed by atoms with E-state index in [0.717, 1.165) is 0 Å². The molecule has 0 unspecified atom stereocenters. The first kappa shape index (κ1) is 13.4. The van der Waals surface area contributed by atoms with Gasteiger partial charge in [-0.3, -0.25) is 4.99 Å². The number of thiazole rings is 1. The number of allylic oxidation sites excluding steroid dienone is 1. The molecule has 0 bridgehead atoms. The van der Waals surface area contributed by atoms with Gasteiger partial charge in [-0.1, -0.05) is 24.3 Å². The molecule has 0 aliphatic heterocycles. The molecule has 6 heteroatoms. The molecule has 0 spiro atoms. The van der Waals surface area contributed by atoms with Gasteiger partial charge in [0.2, 0.25) is 0 Å². The Labute approximate surface area is 104 Å². The van der Waals surface area contributed by atoms with E-state index < -0.39 is 5.97 Å². The number of hydrogen-bond acceptors (Lipinski definition) is 5. The standard InChI is InChI=1S/C11H15N3O2S/c1-5-6-7(10(15)16)8-9(12-2)17-11(13-8)14(3)4/h6H,2,5H2,1,3-4H3,(H,15,16). The van der Waals surface area contributed by atoms with Crippen molar-refractivity contribution in [2.75, 3.05) is 19.0 Å². The van der Waals surface area contributed by atoms with E-state index in [1.807, 2.05) is 25.9 Å². The zero-order valence-electron chi connectivity index (χ0n) is 10.1. The highest BCUT2D eigenvalue weighted by molar-refractivity contribution is 7.19. The van der Waals surface area contributed by atoms with E-state index in [9.17, 15) is 4.79 Å². The second-order valence-corrected chi connectivity index (χ2v) is 4.49. The van der Waals surface area contributed by atoms with Gasteiger partial charge >= 0.3 is 5.97 Å². The maximum atomic E-state index is 11.2. The number of carboxylic acid groups (broad SMARTS) is 1. The fourth-order valence-electron chi connectivity index (χ4n) is 1.26. The molecule has 0 aliphatic carbocycles. The Morgan fingerprint density at radius 3 is 2.71 bits per heavy atom. The molecular formula is C11H15N3O2S. The minimum atomic E-state index is -0.993. The van der Waals surface area contributed by atoms with Crippen LogP contribution >= 0.6 is 11.3 Å². The Balaban J connectivity index is 3.32. The quantitative estimate of drug-likeness (QED) is 0.646. The van der Waals surface area contributed by atoms with Crippen LogP contribution in [0.3, 0.4) is 0 Å². The second-order valence-electron chi connectivity index (χ2n) is 3.53. The first-order valence-electron chi connectivity index (χ1n) is 5.10. The molecule has 0 aliphatic rings. The maximum absolute atomic E-state index is 11.2. The first-order valence-corrected chi connectivity index (χ1v) is 5.91. The molecule has 1 aromatic rings. The third-order valence-corrected chi connectivity index (χ3v) is 3.17. The molecule has 17 heavy (non-hydrogen) atoms. The number of carbonyl (C=O) groups is 1. The van der Waals surface area contributed by atoms with Crippen LogP contribution in [0.25, 0.3) is 5.57 Å². The lowest BCUT2D eigenvalue weighted by molar-refractivity contribution is -0.130. The predicted molar refractivity (Wildman–Crippen MR) is 71.6 cm³/mol. The summed E-state index contributed by atoms with van der Waals surface area (Å²) in [6.45, 7) is 5.33. The normalized spacial score (nSPS) is 11.4. The molecule has 0 fully saturated rings. The zero-order valence-corrected chi connectivity index (χ0v) is 10.9. The SMILES string of the molecule is C=Nc1sc(N(C)C)nc1C(=CCC)C(=O)O. The lowest BCUT2D eigenvalue weighted by atomic mass is 10.1. The average Bonchev–Trinajstić information content (AvgIpc) is 2.69. The highest BCUT2D eigenvalue weighted by atomic mass is 32.1. The van der Waals surface area contributed by atoms with Crippen molar-refractivity contribution in [3.8, 4) is 0 Å². The van der Waals surface area contributed by atoms with Crippen LogP contribution in [0.5, 0.6) is 0 Å². The van der Waals surface area contributed by atoms with E-state index in [1.54, 1.807) is 6.08 Å². The molecule has 0 radical (unpaired) electrons. The molecule has 0 saturated carbocycles. The Bertz CT molecular complexity index is 463. The largest absolute Gasteiger partial charge is 0.478 e. The van der Waals surface area contributed by atoms with Gasteiger partial charge in [-0.25, -0.2) is 9.78 Å². The minimum absolute atomic E-state index is 0.180. The van der Waals surface area contributed by atoms with Gasteiger partial charge < -0.3 is 10.0 Å². The van der Waals surface area contributed by atoms with Gasteiger partial charge in [0.05, 0.1) is 5.57 Å². The Morgan fingerprint density at radius 1 is 1.65 bits per heavy atom. The summed E-state index contributed by atoms with van der Waals surface area (Å²) in [4.78, 5) is 21.1. The summed E-state index contributed by atoms with van der Waals surface area (Å²) in [6, 6.07) is 0. The van der Waals surface area contributed by atoms with Crippen LogP contribution in [0, 0.1) is 0 Å². The topological polar surface area (TPSA) is 65.8 Å². The fraction of sp³-hybridized carbons (Fsp3) is 0.364. The van der Waals surface area contributed by atoms with Crippen molar-refractivity contribution >= 4 is 39.7 Å². The van der Waals surface area contributed by atoms with Crippen LogP contribution in [0.4, 0.5) is 10.1 Å². The molecule has 0 amide bonds. The van der Waals surface area contributed by atoms with Crippen molar-refractivity contribution in [2.45, 2.75) is 13.3 Å². The van der Waals surface area contributed by atoms with E-state index >= 15 is 0 Å². The van der Waals surface area contributed by atoms with Crippen molar-refractivity contribution < 1.29 is 9.90 Å². The average molecular weight is 253 g/mol. The lowest BCUT2D eigenvalue weighted by Gasteiger charge is -2.05. The summed E-state index contributed by atoms with van der Waals surface area (Å²) in [6.07, 6.45) is 2.26. The van der Waals surface area contributed by atoms with Gasteiger partial charge in [-0.15, -0.1) is 0 Å². The van der Waals surface area contributed by atoms with Crippen LogP contribution < -0.4 is 4.90 Å². The van der Waals surface area contributed by atoms with Gasteiger partial charge in [-0.05, 0) is 13.1 Å². The molecule has 1 N–H and O–H groups in total. The number of nitrogens with zero attached hydrogens (tertiary/aromatic N) is 3. The van der Waals surface area contributed by atoms with Crippen molar-refractivity contribution in [3.05, 3.63) is 11.8 Å². The second kappa shape index (κ2) is 5.58. The number of anilines is 1. The molecule has 0 saturated heterocycles. The molecule has 5 nitrogen and oxygen atoms in total. The van der Waals surface area contributed by atoms with Crippen LogP contribution in [-0.2, 0) is 4.79 Å². The van der Waals surface area contributed by atoms with Gasteiger partial charge in [0, 0.05) is 14.1 Å². The van der Waals surface area contributed by atoms with Crippen LogP contribution in [0.15, 0.2) is 11.1 Å².